The second-order valence-corrected chi connectivity index (χ2v) is 9.75. The first-order chi connectivity index (χ1) is 16.3. The number of halogens is 3. The Morgan fingerprint density at radius 3 is 2.23 bits per heavy atom. The number of thioether (sulfide) groups is 1. The summed E-state index contributed by atoms with van der Waals surface area (Å²) >= 11 is 0.671. The Bertz CT molecular complexity index is 1180. The van der Waals surface area contributed by atoms with E-state index in [0.717, 1.165) is 23.1 Å². The molecule has 0 aromatic heterocycles. The third-order valence-corrected chi connectivity index (χ3v) is 6.29. The lowest BCUT2D eigenvalue weighted by Gasteiger charge is -2.16. The summed E-state index contributed by atoms with van der Waals surface area (Å²) < 4.78 is 38.7. The van der Waals surface area contributed by atoms with Gasteiger partial charge in [0.1, 0.15) is 12.3 Å². The zero-order chi connectivity index (χ0) is 26.1. The molecule has 0 radical (unpaired) electrons. The number of anilines is 1. The molecular formula is C25H25F3N2O4S. The lowest BCUT2D eigenvalue weighted by molar-refractivity contribution is -0.137. The molecule has 6 nitrogen and oxygen atoms in total. The highest BCUT2D eigenvalue weighted by molar-refractivity contribution is 8.18. The van der Waals surface area contributed by atoms with Crippen molar-refractivity contribution in [2.24, 2.45) is 0 Å². The summed E-state index contributed by atoms with van der Waals surface area (Å²) in [6, 6.07) is 7.57. The molecule has 1 fully saturated rings. The van der Waals surface area contributed by atoms with E-state index in [0.29, 0.717) is 28.5 Å². The Balaban J connectivity index is 1.79. The maximum absolute atomic E-state index is 12.9. The molecule has 0 spiro atoms. The number of hydrogen-bond acceptors (Lipinski definition) is 5. The molecule has 1 aliphatic heterocycles. The number of alkyl halides is 3. The van der Waals surface area contributed by atoms with Crippen LogP contribution in [0.2, 0.25) is 0 Å². The van der Waals surface area contributed by atoms with Crippen molar-refractivity contribution in [1.82, 2.24) is 4.90 Å². The molecule has 0 unspecified atom stereocenters. The Labute approximate surface area is 205 Å². The highest BCUT2D eigenvalue weighted by atomic mass is 32.2. The van der Waals surface area contributed by atoms with E-state index < -0.39 is 35.3 Å². The fourth-order valence-electron chi connectivity index (χ4n) is 3.57. The molecule has 35 heavy (non-hydrogen) atoms. The monoisotopic (exact) mass is 506 g/mol. The maximum atomic E-state index is 12.9. The van der Waals surface area contributed by atoms with Crippen molar-refractivity contribution in [2.45, 2.75) is 45.7 Å². The lowest BCUT2D eigenvalue weighted by atomic mass is 9.91. The predicted octanol–water partition coefficient (Wildman–Crippen LogP) is 6.33. The molecule has 2 N–H and O–H groups in total. The van der Waals surface area contributed by atoms with E-state index in [1.807, 2.05) is 27.7 Å². The molecule has 1 saturated heterocycles. The molecule has 3 amide bonds. The summed E-state index contributed by atoms with van der Waals surface area (Å²) in [5.74, 6) is -1.23. The standard InChI is InChI=1S/C25H25F3N2O4S/c1-13(2)18-8-15(9-19(14(3)4)22(18)32)10-20-23(33)30(24(34)35-20)12-21(31)29-17-7-5-6-16(11-17)25(26,27)28/h5-11,13-14,32H,12H2,1-4H3,(H,29,31)/b20-10-. The Morgan fingerprint density at radius 2 is 1.69 bits per heavy atom. The topological polar surface area (TPSA) is 86.7 Å². The van der Waals surface area contributed by atoms with E-state index in [4.69, 9.17) is 0 Å². The first-order valence-corrected chi connectivity index (χ1v) is 11.7. The van der Waals surface area contributed by atoms with Crippen LogP contribution < -0.4 is 5.32 Å². The van der Waals surface area contributed by atoms with Gasteiger partial charge in [-0.3, -0.25) is 19.3 Å². The van der Waals surface area contributed by atoms with Gasteiger partial charge in [0.05, 0.1) is 10.5 Å². The second kappa shape index (κ2) is 10.2. The summed E-state index contributed by atoms with van der Waals surface area (Å²) in [6.45, 7) is 7.08. The first-order valence-electron chi connectivity index (χ1n) is 10.9. The van der Waals surface area contributed by atoms with E-state index in [2.05, 4.69) is 5.32 Å². The van der Waals surface area contributed by atoms with Gasteiger partial charge < -0.3 is 10.4 Å². The summed E-state index contributed by atoms with van der Waals surface area (Å²) in [5.41, 5.74) is 1.03. The van der Waals surface area contributed by atoms with Crippen molar-refractivity contribution in [3.63, 3.8) is 0 Å². The molecular weight excluding hydrogens is 481 g/mol. The Kier molecular flexibility index (Phi) is 7.64. The Hall–Kier alpha value is -3.27. The van der Waals surface area contributed by atoms with Crippen LogP contribution in [0.25, 0.3) is 6.08 Å². The summed E-state index contributed by atoms with van der Waals surface area (Å²) in [4.78, 5) is 38.5. The summed E-state index contributed by atoms with van der Waals surface area (Å²) in [6.07, 6.45) is -3.04. The van der Waals surface area contributed by atoms with Crippen LogP contribution in [0.1, 0.15) is 61.8 Å². The number of nitrogens with zero attached hydrogens (tertiary/aromatic N) is 1. The average Bonchev–Trinajstić information content (AvgIpc) is 3.01. The molecule has 1 aliphatic rings. The van der Waals surface area contributed by atoms with E-state index in [1.165, 1.54) is 12.1 Å². The van der Waals surface area contributed by atoms with Gasteiger partial charge in [-0.15, -0.1) is 0 Å². The minimum Gasteiger partial charge on any atom is -0.507 e. The zero-order valence-electron chi connectivity index (χ0n) is 19.6. The van der Waals surface area contributed by atoms with E-state index in [-0.39, 0.29) is 28.2 Å². The molecule has 3 rings (SSSR count). The van der Waals surface area contributed by atoms with Crippen LogP contribution in [-0.4, -0.2) is 33.6 Å². The van der Waals surface area contributed by atoms with Crippen LogP contribution in [0, 0.1) is 0 Å². The number of phenolic OH excluding ortho intramolecular Hbond substituents is 1. The van der Waals surface area contributed by atoms with Crippen molar-refractivity contribution in [3.05, 3.63) is 63.6 Å². The van der Waals surface area contributed by atoms with Gasteiger partial charge in [0, 0.05) is 5.69 Å². The van der Waals surface area contributed by atoms with Crippen LogP contribution in [0.3, 0.4) is 0 Å². The summed E-state index contributed by atoms with van der Waals surface area (Å²) in [7, 11) is 0. The molecule has 2 aromatic rings. The number of phenols is 1. The third kappa shape index (κ3) is 6.05. The lowest BCUT2D eigenvalue weighted by Crippen LogP contribution is -2.36. The SMILES string of the molecule is CC(C)c1cc(/C=C2\SC(=O)N(CC(=O)Nc3cccc(C(F)(F)F)c3)C2=O)cc(C(C)C)c1O. The Morgan fingerprint density at radius 1 is 1.09 bits per heavy atom. The summed E-state index contributed by atoms with van der Waals surface area (Å²) in [5, 5.41) is 12.2. The molecule has 1 heterocycles. The molecule has 0 aliphatic carbocycles. The van der Waals surface area contributed by atoms with Gasteiger partial charge >= 0.3 is 6.18 Å². The van der Waals surface area contributed by atoms with Gasteiger partial charge in [-0.05, 0) is 76.7 Å². The van der Waals surface area contributed by atoms with Crippen molar-refractivity contribution < 1.29 is 32.7 Å². The highest BCUT2D eigenvalue weighted by Gasteiger charge is 2.36. The van der Waals surface area contributed by atoms with Gasteiger partial charge in [0.15, 0.2) is 0 Å². The van der Waals surface area contributed by atoms with E-state index >= 15 is 0 Å². The number of nitrogens with one attached hydrogen (secondary N) is 1. The smallest absolute Gasteiger partial charge is 0.416 e. The number of amides is 3. The van der Waals surface area contributed by atoms with Crippen LogP contribution >= 0.6 is 11.8 Å². The highest BCUT2D eigenvalue weighted by Crippen LogP contribution is 2.38. The number of rotatable bonds is 6. The number of carbonyl (C=O) groups is 3. The molecule has 0 saturated carbocycles. The zero-order valence-corrected chi connectivity index (χ0v) is 20.4. The minimum atomic E-state index is -4.57. The number of aromatic hydroxyl groups is 1. The maximum Gasteiger partial charge on any atom is 0.416 e. The largest absolute Gasteiger partial charge is 0.507 e. The average molecular weight is 507 g/mol. The van der Waals surface area contributed by atoms with Crippen LogP contribution in [0.5, 0.6) is 5.75 Å². The van der Waals surface area contributed by atoms with Crippen LogP contribution in [0.15, 0.2) is 41.3 Å². The third-order valence-electron chi connectivity index (χ3n) is 5.38. The van der Waals surface area contributed by atoms with Crippen LogP contribution in [0.4, 0.5) is 23.7 Å². The van der Waals surface area contributed by atoms with Gasteiger partial charge in [-0.1, -0.05) is 33.8 Å². The van der Waals surface area contributed by atoms with Crippen molar-refractivity contribution >= 4 is 40.6 Å². The van der Waals surface area contributed by atoms with Gasteiger partial charge in [0.25, 0.3) is 11.1 Å². The van der Waals surface area contributed by atoms with Crippen molar-refractivity contribution in [3.8, 4) is 5.75 Å². The normalized spacial score (nSPS) is 15.6. The second-order valence-electron chi connectivity index (χ2n) is 8.75. The van der Waals surface area contributed by atoms with E-state index in [9.17, 15) is 32.7 Å². The fraction of sp³-hybridized carbons (Fsp3) is 0.320. The fourth-order valence-corrected chi connectivity index (χ4v) is 4.41. The number of imide groups is 1. The predicted molar refractivity (Wildman–Crippen MR) is 129 cm³/mol. The first kappa shape index (κ1) is 26.3. The minimum absolute atomic E-state index is 0.0236. The number of carbonyl (C=O) groups excluding carboxylic acids is 3. The van der Waals surface area contributed by atoms with Crippen molar-refractivity contribution in [2.75, 3.05) is 11.9 Å². The number of benzene rings is 2. The van der Waals surface area contributed by atoms with Gasteiger partial charge in [-0.2, -0.15) is 13.2 Å². The quantitative estimate of drug-likeness (QED) is 0.447. The molecule has 2 aromatic carbocycles. The molecule has 10 heteroatoms. The molecule has 0 atom stereocenters. The van der Waals surface area contributed by atoms with Crippen LogP contribution in [-0.2, 0) is 15.8 Å². The molecule has 0 bridgehead atoms. The van der Waals surface area contributed by atoms with Gasteiger partial charge in [-0.25, -0.2) is 0 Å². The van der Waals surface area contributed by atoms with Crippen molar-refractivity contribution in [1.29, 1.82) is 0 Å². The van der Waals surface area contributed by atoms with Gasteiger partial charge in [0.2, 0.25) is 5.91 Å². The number of hydrogen-bond donors (Lipinski definition) is 2. The molecule has 186 valence electrons. The van der Waals surface area contributed by atoms with E-state index in [1.54, 1.807) is 12.1 Å².